The predicted octanol–water partition coefficient (Wildman–Crippen LogP) is 4.00. The van der Waals surface area contributed by atoms with E-state index in [1.54, 1.807) is 18.2 Å². The van der Waals surface area contributed by atoms with Crippen LogP contribution in [0.2, 0.25) is 0 Å². The van der Waals surface area contributed by atoms with Gasteiger partial charge in [0.25, 0.3) is 5.91 Å². The van der Waals surface area contributed by atoms with Crippen LogP contribution in [0.4, 0.5) is 27.8 Å². The van der Waals surface area contributed by atoms with Gasteiger partial charge in [-0.2, -0.15) is 18.3 Å². The molecule has 3 N–H and O–H groups in total. The van der Waals surface area contributed by atoms with Crippen LogP contribution in [0.5, 0.6) is 0 Å². The third-order valence-electron chi connectivity index (χ3n) is 5.59. The summed E-state index contributed by atoms with van der Waals surface area (Å²) in [6.07, 6.45) is -4.03. The molecule has 36 heavy (non-hydrogen) atoms. The fourth-order valence-electron chi connectivity index (χ4n) is 3.48. The number of nitrogen functional groups attached to an aromatic ring is 1. The molecule has 0 spiro atoms. The van der Waals surface area contributed by atoms with Crippen molar-refractivity contribution in [3.05, 3.63) is 77.5 Å². The van der Waals surface area contributed by atoms with Crippen LogP contribution in [0, 0.1) is 11.6 Å². The predicted molar refractivity (Wildman–Crippen MR) is 124 cm³/mol. The van der Waals surface area contributed by atoms with E-state index in [-0.39, 0.29) is 29.2 Å². The molecule has 1 aromatic heterocycles. The molecule has 0 radical (unpaired) electrons. The van der Waals surface area contributed by atoms with Crippen molar-refractivity contribution in [1.29, 1.82) is 0 Å². The minimum Gasteiger partial charge on any atom is -0.383 e. The second kappa shape index (κ2) is 10.4. The maximum absolute atomic E-state index is 14.1. The molecule has 0 aliphatic heterocycles. The molecule has 0 saturated carbocycles. The van der Waals surface area contributed by atoms with Gasteiger partial charge in [0.15, 0.2) is 17.2 Å². The number of nitrogens with zero attached hydrogens (tertiary/aromatic N) is 4. The zero-order chi connectivity index (χ0) is 26.7. The summed E-state index contributed by atoms with van der Waals surface area (Å²) in [7, 11) is 0. The molecule has 3 rings (SSSR count). The van der Waals surface area contributed by atoms with E-state index < -0.39 is 48.1 Å². The molecule has 2 aromatic carbocycles. The number of aliphatic hydroxyl groups is 1. The summed E-state index contributed by atoms with van der Waals surface area (Å²) in [6, 6.07) is 10.9. The average Bonchev–Trinajstić information content (AvgIpc) is 3.21. The van der Waals surface area contributed by atoms with E-state index in [0.717, 1.165) is 34.0 Å². The largest absolute Gasteiger partial charge is 0.420 e. The summed E-state index contributed by atoms with van der Waals surface area (Å²) < 4.78 is 70.8. The van der Waals surface area contributed by atoms with Crippen LogP contribution < -0.4 is 5.73 Å². The van der Waals surface area contributed by atoms with Gasteiger partial charge in [-0.3, -0.25) is 9.79 Å². The molecular weight excluding hydrogens is 485 g/mol. The molecular formula is C24H24F5N5O2. The van der Waals surface area contributed by atoms with Gasteiger partial charge in [-0.15, -0.1) is 0 Å². The van der Waals surface area contributed by atoms with Crippen LogP contribution in [-0.2, 0) is 0 Å². The lowest BCUT2D eigenvalue weighted by atomic mass is 10.0. The molecule has 1 atom stereocenters. The smallest absolute Gasteiger partial charge is 0.383 e. The van der Waals surface area contributed by atoms with Gasteiger partial charge in [-0.1, -0.05) is 24.3 Å². The number of amides is 1. The first kappa shape index (κ1) is 26.8. The maximum atomic E-state index is 14.1. The van der Waals surface area contributed by atoms with Crippen LogP contribution in [0.3, 0.4) is 0 Å². The lowest BCUT2D eigenvalue weighted by molar-refractivity contribution is -0.258. The van der Waals surface area contributed by atoms with E-state index in [1.165, 1.54) is 26.0 Å². The normalized spacial score (nSPS) is 13.9. The molecule has 1 amide bonds. The summed E-state index contributed by atoms with van der Waals surface area (Å²) in [6.45, 7) is 0.497. The Morgan fingerprint density at radius 3 is 2.28 bits per heavy atom. The lowest BCUT2D eigenvalue weighted by Crippen LogP contribution is -2.57. The number of carbonyl (C=O) groups is 1. The van der Waals surface area contributed by atoms with Gasteiger partial charge in [0.05, 0.1) is 24.8 Å². The van der Waals surface area contributed by atoms with Gasteiger partial charge in [-0.25, -0.2) is 13.5 Å². The van der Waals surface area contributed by atoms with Gasteiger partial charge in [0, 0.05) is 17.8 Å². The number of para-hydroxylation sites is 1. The Kier molecular flexibility index (Phi) is 7.77. The van der Waals surface area contributed by atoms with Gasteiger partial charge in [-0.05, 0) is 38.1 Å². The van der Waals surface area contributed by atoms with Gasteiger partial charge in [0.1, 0.15) is 11.5 Å². The minimum absolute atomic E-state index is 0.0230. The minimum atomic E-state index is -5.13. The summed E-state index contributed by atoms with van der Waals surface area (Å²) in [5.74, 6) is -2.83. The SMILES string of the molecule is CCN(CC(O)(CN=C(C)c1cnn(-c2c(F)cccc2F)c1N)C(F)(F)F)C(=O)c1ccccc1. The van der Waals surface area contributed by atoms with E-state index in [0.29, 0.717) is 0 Å². The summed E-state index contributed by atoms with van der Waals surface area (Å²) in [4.78, 5) is 17.4. The number of hydrogen-bond acceptors (Lipinski definition) is 5. The Bertz CT molecular complexity index is 1240. The van der Waals surface area contributed by atoms with Crippen LogP contribution in [0.1, 0.15) is 29.8 Å². The fourth-order valence-corrected chi connectivity index (χ4v) is 3.48. The van der Waals surface area contributed by atoms with Crippen molar-refractivity contribution in [3.63, 3.8) is 0 Å². The highest BCUT2D eigenvalue weighted by Gasteiger charge is 2.55. The average molecular weight is 509 g/mol. The molecule has 12 heteroatoms. The third-order valence-corrected chi connectivity index (χ3v) is 5.59. The first-order valence-corrected chi connectivity index (χ1v) is 10.8. The van der Waals surface area contributed by atoms with Crippen molar-refractivity contribution >= 4 is 17.4 Å². The number of benzene rings is 2. The van der Waals surface area contributed by atoms with Gasteiger partial charge in [0.2, 0.25) is 0 Å². The molecule has 0 aliphatic rings. The number of likely N-dealkylation sites (N-methyl/N-ethyl adjacent to an activating group) is 1. The zero-order valence-electron chi connectivity index (χ0n) is 19.4. The van der Waals surface area contributed by atoms with E-state index >= 15 is 0 Å². The first-order chi connectivity index (χ1) is 16.9. The van der Waals surface area contributed by atoms with Crippen molar-refractivity contribution in [1.82, 2.24) is 14.7 Å². The van der Waals surface area contributed by atoms with Gasteiger partial charge >= 0.3 is 6.18 Å². The standard InChI is InChI=1S/C24H24F5N5O2/c1-3-33(22(35)16-8-5-4-6-9-16)14-23(36,24(27,28)29)13-31-15(2)17-12-32-34(21(17)30)20-18(25)10-7-11-19(20)26/h4-12,36H,3,13-14,30H2,1-2H3. The Hall–Kier alpha value is -3.80. The highest BCUT2D eigenvalue weighted by Crippen LogP contribution is 2.32. The molecule has 0 aliphatic carbocycles. The second-order valence-corrected chi connectivity index (χ2v) is 8.04. The van der Waals surface area contributed by atoms with Crippen molar-refractivity contribution in [3.8, 4) is 5.69 Å². The van der Waals surface area contributed by atoms with E-state index in [1.807, 2.05) is 0 Å². The number of anilines is 1. The van der Waals surface area contributed by atoms with Crippen molar-refractivity contribution in [2.45, 2.75) is 25.6 Å². The highest BCUT2D eigenvalue weighted by atomic mass is 19.4. The number of aliphatic imine (C=N–C) groups is 1. The van der Waals surface area contributed by atoms with Crippen molar-refractivity contribution in [2.24, 2.45) is 4.99 Å². The van der Waals surface area contributed by atoms with Crippen LogP contribution >= 0.6 is 0 Å². The quantitative estimate of drug-likeness (QED) is 0.355. The molecule has 1 unspecified atom stereocenters. The zero-order valence-corrected chi connectivity index (χ0v) is 19.4. The van der Waals surface area contributed by atoms with E-state index in [9.17, 15) is 31.9 Å². The molecule has 0 fully saturated rings. The summed E-state index contributed by atoms with van der Waals surface area (Å²) in [5, 5.41) is 14.4. The lowest BCUT2D eigenvalue weighted by Gasteiger charge is -2.34. The Labute approximate surface area is 203 Å². The highest BCUT2D eigenvalue weighted by molar-refractivity contribution is 6.02. The number of nitrogens with two attached hydrogens (primary N) is 1. The third kappa shape index (κ3) is 5.38. The van der Waals surface area contributed by atoms with E-state index in [4.69, 9.17) is 5.73 Å². The Morgan fingerprint density at radius 1 is 1.11 bits per heavy atom. The second-order valence-electron chi connectivity index (χ2n) is 8.04. The molecule has 7 nitrogen and oxygen atoms in total. The number of alkyl halides is 3. The monoisotopic (exact) mass is 509 g/mol. The van der Waals surface area contributed by atoms with Crippen molar-refractivity contribution in [2.75, 3.05) is 25.4 Å². The van der Waals surface area contributed by atoms with E-state index in [2.05, 4.69) is 10.1 Å². The number of rotatable bonds is 8. The number of carbonyl (C=O) groups excluding carboxylic acids is 1. The Morgan fingerprint density at radius 2 is 1.72 bits per heavy atom. The summed E-state index contributed by atoms with van der Waals surface area (Å²) >= 11 is 0. The van der Waals surface area contributed by atoms with Gasteiger partial charge < -0.3 is 15.7 Å². The Balaban J connectivity index is 1.89. The summed E-state index contributed by atoms with van der Waals surface area (Å²) in [5.41, 5.74) is 2.15. The maximum Gasteiger partial charge on any atom is 0.420 e. The number of aromatic nitrogens is 2. The van der Waals surface area contributed by atoms with Crippen LogP contribution in [0.25, 0.3) is 5.69 Å². The molecule has 0 saturated heterocycles. The molecule has 3 aromatic rings. The molecule has 192 valence electrons. The molecule has 1 heterocycles. The number of hydrogen-bond donors (Lipinski definition) is 2. The fraction of sp³-hybridized carbons (Fsp3) is 0.292. The van der Waals surface area contributed by atoms with Crippen molar-refractivity contribution < 1.29 is 31.9 Å². The topological polar surface area (TPSA) is 96.7 Å². The first-order valence-electron chi connectivity index (χ1n) is 10.8. The molecule has 0 bridgehead atoms. The van der Waals surface area contributed by atoms with Crippen LogP contribution in [0.15, 0.2) is 59.7 Å². The number of halogens is 5. The van der Waals surface area contributed by atoms with Crippen LogP contribution in [-0.4, -0.2) is 62.8 Å².